The van der Waals surface area contributed by atoms with Gasteiger partial charge in [0, 0.05) is 15.6 Å². The molecule has 200 valence electrons. The van der Waals surface area contributed by atoms with Crippen molar-refractivity contribution < 1.29 is 23.8 Å². The van der Waals surface area contributed by atoms with Crippen LogP contribution < -0.4 is 25.0 Å². The van der Waals surface area contributed by atoms with Gasteiger partial charge >= 0.3 is 0 Å². The Balaban J connectivity index is 1.34. The van der Waals surface area contributed by atoms with Crippen molar-refractivity contribution in [1.82, 2.24) is 10.7 Å². The lowest BCUT2D eigenvalue weighted by Gasteiger charge is -2.11. The Morgan fingerprint density at radius 3 is 2.45 bits per heavy atom. The van der Waals surface area contributed by atoms with Gasteiger partial charge < -0.3 is 19.5 Å². The van der Waals surface area contributed by atoms with Crippen LogP contribution in [0.3, 0.4) is 0 Å². The second-order valence-electron chi connectivity index (χ2n) is 8.65. The summed E-state index contributed by atoms with van der Waals surface area (Å²) in [6, 6.07) is 29.2. The van der Waals surface area contributed by atoms with Crippen molar-refractivity contribution in [1.29, 1.82) is 0 Å². The molecule has 4 aromatic carbocycles. The predicted octanol–water partition coefficient (Wildman–Crippen LogP) is 5.68. The number of halogens is 1. The number of fused-ring (bicyclic) bond motifs is 1. The number of nitrogens with one attached hydrogen (secondary N) is 2. The summed E-state index contributed by atoms with van der Waals surface area (Å²) < 4.78 is 17.6. The molecule has 40 heavy (non-hydrogen) atoms. The van der Waals surface area contributed by atoms with Crippen LogP contribution in [0.2, 0.25) is 0 Å². The number of rotatable bonds is 9. The molecule has 9 heteroatoms. The topological polar surface area (TPSA) is 98.2 Å². The van der Waals surface area contributed by atoms with Gasteiger partial charge in [-0.2, -0.15) is 5.10 Å². The fourth-order valence-electron chi connectivity index (χ4n) is 3.82. The standard InChI is InChI=1S/C31H24BrN3O5/c32-25-12-14-27(38-19-21-7-3-1-4-8-21)24(17-25)18-33-35-31(37)26(34-30(36)23-9-5-2-6-10-23)15-22-11-13-28-29(16-22)40-20-39-28/h1-18H,19-20H2,(H,34,36)(H,35,37)/b26-15+,33-18-. The predicted molar refractivity (Wildman–Crippen MR) is 155 cm³/mol. The molecule has 0 atom stereocenters. The molecule has 0 spiro atoms. The highest BCUT2D eigenvalue weighted by molar-refractivity contribution is 9.10. The molecule has 0 radical (unpaired) electrons. The molecule has 0 fully saturated rings. The highest BCUT2D eigenvalue weighted by Gasteiger charge is 2.17. The van der Waals surface area contributed by atoms with E-state index in [0.717, 1.165) is 10.0 Å². The Kier molecular flexibility index (Phi) is 8.53. The summed E-state index contributed by atoms with van der Waals surface area (Å²) in [5.74, 6) is 0.716. The van der Waals surface area contributed by atoms with Gasteiger partial charge in [0.25, 0.3) is 11.8 Å². The number of benzene rings is 4. The van der Waals surface area contributed by atoms with E-state index in [4.69, 9.17) is 14.2 Å². The monoisotopic (exact) mass is 597 g/mol. The maximum Gasteiger partial charge on any atom is 0.287 e. The van der Waals surface area contributed by atoms with Gasteiger partial charge in [0.15, 0.2) is 11.5 Å². The van der Waals surface area contributed by atoms with Gasteiger partial charge in [-0.15, -0.1) is 0 Å². The van der Waals surface area contributed by atoms with Crippen LogP contribution in [0.15, 0.2) is 112 Å². The van der Waals surface area contributed by atoms with E-state index in [-0.39, 0.29) is 12.5 Å². The Morgan fingerprint density at radius 2 is 1.65 bits per heavy atom. The zero-order valence-electron chi connectivity index (χ0n) is 21.2. The minimum absolute atomic E-state index is 0.000313. The average molecular weight is 598 g/mol. The fraction of sp³-hybridized carbons (Fsp3) is 0.0645. The largest absolute Gasteiger partial charge is 0.488 e. The second kappa shape index (κ2) is 12.8. The molecule has 2 N–H and O–H groups in total. The van der Waals surface area contributed by atoms with E-state index in [9.17, 15) is 9.59 Å². The maximum atomic E-state index is 13.2. The Morgan fingerprint density at radius 1 is 0.900 bits per heavy atom. The lowest BCUT2D eigenvalue weighted by atomic mass is 10.1. The van der Waals surface area contributed by atoms with Gasteiger partial charge in [-0.25, -0.2) is 5.43 Å². The van der Waals surface area contributed by atoms with Crippen molar-refractivity contribution in [2.24, 2.45) is 5.10 Å². The van der Waals surface area contributed by atoms with E-state index < -0.39 is 11.8 Å². The first kappa shape index (κ1) is 26.7. The highest BCUT2D eigenvalue weighted by Crippen LogP contribution is 2.33. The maximum absolute atomic E-state index is 13.2. The molecule has 0 aliphatic carbocycles. The minimum Gasteiger partial charge on any atom is -0.488 e. The van der Waals surface area contributed by atoms with E-state index in [1.54, 1.807) is 54.6 Å². The van der Waals surface area contributed by atoms with Crippen LogP contribution in [0.4, 0.5) is 0 Å². The number of hydrazone groups is 1. The molecule has 0 unspecified atom stereocenters. The first-order chi connectivity index (χ1) is 19.5. The Labute approximate surface area is 239 Å². The summed E-state index contributed by atoms with van der Waals surface area (Å²) in [6.45, 7) is 0.506. The zero-order valence-corrected chi connectivity index (χ0v) is 22.8. The first-order valence-corrected chi connectivity index (χ1v) is 13.1. The summed E-state index contributed by atoms with van der Waals surface area (Å²) in [6.07, 6.45) is 3.03. The number of amides is 2. The number of carbonyl (C=O) groups is 2. The number of hydrogen-bond donors (Lipinski definition) is 2. The number of carbonyl (C=O) groups excluding carboxylic acids is 2. The van der Waals surface area contributed by atoms with Gasteiger partial charge in [-0.1, -0.05) is 70.5 Å². The summed E-state index contributed by atoms with van der Waals surface area (Å²) in [7, 11) is 0. The lowest BCUT2D eigenvalue weighted by Crippen LogP contribution is -2.32. The van der Waals surface area contributed by atoms with Gasteiger partial charge in [0.05, 0.1) is 6.21 Å². The van der Waals surface area contributed by atoms with E-state index in [0.29, 0.717) is 40.5 Å². The fourth-order valence-corrected chi connectivity index (χ4v) is 4.20. The smallest absolute Gasteiger partial charge is 0.287 e. The molecular weight excluding hydrogens is 574 g/mol. The molecule has 0 saturated heterocycles. The van der Waals surface area contributed by atoms with Crippen molar-refractivity contribution in [3.63, 3.8) is 0 Å². The third kappa shape index (κ3) is 6.95. The van der Waals surface area contributed by atoms with Crippen molar-refractivity contribution >= 4 is 40.0 Å². The van der Waals surface area contributed by atoms with Gasteiger partial charge in [-0.3, -0.25) is 9.59 Å². The summed E-state index contributed by atoms with van der Waals surface area (Å²) in [5.41, 5.74) is 5.22. The zero-order chi connectivity index (χ0) is 27.7. The second-order valence-corrected chi connectivity index (χ2v) is 9.56. The van der Waals surface area contributed by atoms with Crippen molar-refractivity contribution in [2.75, 3.05) is 6.79 Å². The summed E-state index contributed by atoms with van der Waals surface area (Å²) >= 11 is 3.46. The van der Waals surface area contributed by atoms with E-state index in [1.807, 2.05) is 48.5 Å². The van der Waals surface area contributed by atoms with Crippen LogP contribution in [0.5, 0.6) is 17.2 Å². The first-order valence-electron chi connectivity index (χ1n) is 12.3. The summed E-state index contributed by atoms with van der Waals surface area (Å²) in [4.78, 5) is 26.1. The van der Waals surface area contributed by atoms with Gasteiger partial charge in [-0.05, 0) is 59.7 Å². The molecule has 1 aliphatic rings. The average Bonchev–Trinajstić information content (AvgIpc) is 3.45. The molecule has 1 aliphatic heterocycles. The molecule has 1 heterocycles. The number of hydrogen-bond acceptors (Lipinski definition) is 6. The van der Waals surface area contributed by atoms with Crippen LogP contribution in [-0.4, -0.2) is 24.8 Å². The quantitative estimate of drug-likeness (QED) is 0.147. The third-order valence-electron chi connectivity index (χ3n) is 5.82. The van der Waals surface area contributed by atoms with E-state index in [1.165, 1.54) is 6.21 Å². The van der Waals surface area contributed by atoms with Gasteiger partial charge in [0.1, 0.15) is 18.1 Å². The molecule has 0 bridgehead atoms. The number of ether oxygens (including phenoxy) is 3. The Bertz CT molecular complexity index is 1570. The molecule has 8 nitrogen and oxygen atoms in total. The van der Waals surface area contributed by atoms with E-state index in [2.05, 4.69) is 31.8 Å². The van der Waals surface area contributed by atoms with Crippen molar-refractivity contribution in [2.45, 2.75) is 6.61 Å². The van der Waals surface area contributed by atoms with Crippen LogP contribution in [0.1, 0.15) is 27.0 Å². The third-order valence-corrected chi connectivity index (χ3v) is 6.31. The van der Waals surface area contributed by atoms with Crippen LogP contribution >= 0.6 is 15.9 Å². The molecule has 0 saturated carbocycles. The van der Waals surface area contributed by atoms with Crippen LogP contribution in [0, 0.1) is 0 Å². The van der Waals surface area contributed by atoms with Crippen molar-refractivity contribution in [3.05, 3.63) is 129 Å². The van der Waals surface area contributed by atoms with Gasteiger partial charge in [0.2, 0.25) is 6.79 Å². The molecular formula is C31H24BrN3O5. The normalized spacial score (nSPS) is 12.3. The minimum atomic E-state index is -0.611. The molecule has 2 amide bonds. The van der Waals surface area contributed by atoms with Crippen LogP contribution in [0.25, 0.3) is 6.08 Å². The molecule has 4 aromatic rings. The van der Waals surface area contributed by atoms with Crippen LogP contribution in [-0.2, 0) is 11.4 Å². The lowest BCUT2D eigenvalue weighted by molar-refractivity contribution is -0.117. The molecule has 0 aromatic heterocycles. The Hall–Kier alpha value is -4.89. The van der Waals surface area contributed by atoms with E-state index >= 15 is 0 Å². The highest BCUT2D eigenvalue weighted by atomic mass is 79.9. The van der Waals surface area contributed by atoms with Crippen molar-refractivity contribution in [3.8, 4) is 17.2 Å². The number of nitrogens with zero attached hydrogens (tertiary/aromatic N) is 1. The SMILES string of the molecule is O=C(N/N=C\c1cc(Br)ccc1OCc1ccccc1)/C(=C\c1ccc2c(c1)OCO2)NC(=O)c1ccccc1. The summed E-state index contributed by atoms with van der Waals surface area (Å²) in [5, 5.41) is 6.83. The molecule has 5 rings (SSSR count).